The number of rotatable bonds is 5. The van der Waals surface area contributed by atoms with Crippen LogP contribution < -0.4 is 11.0 Å². The van der Waals surface area contributed by atoms with E-state index >= 15 is 0 Å². The first-order chi connectivity index (χ1) is 11.2. The van der Waals surface area contributed by atoms with Gasteiger partial charge >= 0.3 is 5.69 Å². The van der Waals surface area contributed by atoms with Crippen LogP contribution in [0.1, 0.15) is 38.0 Å². The van der Waals surface area contributed by atoms with Gasteiger partial charge in [0.1, 0.15) is 12.9 Å². The van der Waals surface area contributed by atoms with E-state index in [9.17, 15) is 14.7 Å². The van der Waals surface area contributed by atoms with E-state index in [1.54, 1.807) is 7.05 Å². The average molecular weight is 332 g/mol. The van der Waals surface area contributed by atoms with Crippen LogP contribution in [0.4, 0.5) is 0 Å². The van der Waals surface area contributed by atoms with Crippen LogP contribution in [0.15, 0.2) is 35.4 Å². The van der Waals surface area contributed by atoms with Gasteiger partial charge in [-0.2, -0.15) is 5.10 Å². The van der Waals surface area contributed by atoms with Gasteiger partial charge in [0.2, 0.25) is 5.91 Å². The van der Waals surface area contributed by atoms with E-state index in [0.717, 1.165) is 10.2 Å². The maximum Gasteiger partial charge on any atom is 0.345 e. The van der Waals surface area contributed by atoms with E-state index in [0.29, 0.717) is 0 Å². The van der Waals surface area contributed by atoms with Crippen molar-refractivity contribution in [2.24, 2.45) is 7.05 Å². The molecule has 2 aromatic rings. The number of hydrogen-bond donors (Lipinski definition) is 2. The van der Waals surface area contributed by atoms with Crippen molar-refractivity contribution in [2.75, 3.05) is 6.54 Å². The molecule has 1 amide bonds. The van der Waals surface area contributed by atoms with Gasteiger partial charge in [-0.3, -0.25) is 9.36 Å². The van der Waals surface area contributed by atoms with Gasteiger partial charge in [-0.05, 0) is 16.5 Å². The Balaban J connectivity index is 1.90. The zero-order valence-electron chi connectivity index (χ0n) is 14.5. The largest absolute Gasteiger partial charge is 0.387 e. The van der Waals surface area contributed by atoms with Gasteiger partial charge < -0.3 is 10.4 Å². The van der Waals surface area contributed by atoms with Crippen molar-refractivity contribution in [2.45, 2.75) is 38.8 Å². The summed E-state index contributed by atoms with van der Waals surface area (Å²) in [5, 5.41) is 16.6. The predicted octanol–water partition coefficient (Wildman–Crippen LogP) is 0.729. The molecule has 0 saturated carbocycles. The summed E-state index contributed by atoms with van der Waals surface area (Å²) < 4.78 is 2.36. The molecule has 0 fully saturated rings. The summed E-state index contributed by atoms with van der Waals surface area (Å²) >= 11 is 0. The Morgan fingerprint density at radius 1 is 1.29 bits per heavy atom. The standard InChI is InChI=1S/C17H24N4O3/c1-17(2,3)13-7-5-12(6-8-13)14(22)9-18-15(23)10-21-16(24)20(4)11-19-21/h5-8,11,14,22H,9-10H2,1-4H3,(H,18,23). The number of aliphatic hydroxyl groups excluding tert-OH is 1. The summed E-state index contributed by atoms with van der Waals surface area (Å²) in [6, 6.07) is 7.68. The zero-order chi connectivity index (χ0) is 17.9. The van der Waals surface area contributed by atoms with E-state index < -0.39 is 6.10 Å². The van der Waals surface area contributed by atoms with Crippen LogP contribution in [0.5, 0.6) is 0 Å². The highest BCUT2D eigenvalue weighted by Gasteiger charge is 2.15. The van der Waals surface area contributed by atoms with Crippen molar-refractivity contribution >= 4 is 5.91 Å². The van der Waals surface area contributed by atoms with Gasteiger partial charge in [0, 0.05) is 13.6 Å². The Labute approximate surface area is 140 Å². The van der Waals surface area contributed by atoms with Gasteiger partial charge in [0.05, 0.1) is 6.10 Å². The number of carbonyl (C=O) groups excluding carboxylic acids is 1. The highest BCUT2D eigenvalue weighted by Crippen LogP contribution is 2.23. The van der Waals surface area contributed by atoms with Gasteiger partial charge in [-0.25, -0.2) is 9.48 Å². The van der Waals surface area contributed by atoms with Gasteiger partial charge in [-0.15, -0.1) is 0 Å². The van der Waals surface area contributed by atoms with Crippen LogP contribution >= 0.6 is 0 Å². The Bertz CT molecular complexity index is 753. The SMILES string of the molecule is Cn1cnn(CC(=O)NCC(O)c2ccc(C(C)(C)C)cc2)c1=O. The lowest BCUT2D eigenvalue weighted by atomic mass is 9.86. The number of aliphatic hydroxyl groups is 1. The second-order valence-electron chi connectivity index (χ2n) is 6.87. The first kappa shape index (κ1) is 17.9. The fraction of sp³-hybridized carbons (Fsp3) is 0.471. The lowest BCUT2D eigenvalue weighted by molar-refractivity contribution is -0.122. The van der Waals surface area contributed by atoms with Crippen molar-refractivity contribution in [3.05, 3.63) is 52.2 Å². The van der Waals surface area contributed by atoms with E-state index in [1.807, 2.05) is 24.3 Å². The Morgan fingerprint density at radius 3 is 2.42 bits per heavy atom. The van der Waals surface area contributed by atoms with E-state index in [4.69, 9.17) is 0 Å². The maximum atomic E-state index is 11.9. The molecule has 0 saturated heterocycles. The second kappa shape index (κ2) is 7.00. The summed E-state index contributed by atoms with van der Waals surface area (Å²) in [6.07, 6.45) is 0.546. The normalized spacial score (nSPS) is 12.9. The number of nitrogens with zero attached hydrogens (tertiary/aromatic N) is 3. The summed E-state index contributed by atoms with van der Waals surface area (Å²) in [5.41, 5.74) is 1.60. The molecule has 2 rings (SSSR count). The minimum absolute atomic E-state index is 0.0492. The van der Waals surface area contributed by atoms with Gasteiger partial charge in [-0.1, -0.05) is 45.0 Å². The van der Waals surface area contributed by atoms with Gasteiger partial charge in [0.25, 0.3) is 0 Å². The van der Waals surface area contributed by atoms with Crippen molar-refractivity contribution in [1.29, 1.82) is 0 Å². The molecule has 2 N–H and O–H groups in total. The maximum absolute atomic E-state index is 11.9. The Hall–Kier alpha value is -2.41. The smallest absolute Gasteiger partial charge is 0.345 e. The molecule has 130 valence electrons. The summed E-state index contributed by atoms with van der Waals surface area (Å²) in [7, 11) is 1.56. The van der Waals surface area contributed by atoms with Crippen molar-refractivity contribution in [1.82, 2.24) is 19.7 Å². The topological polar surface area (TPSA) is 89.2 Å². The molecule has 0 aliphatic carbocycles. The lowest BCUT2D eigenvalue weighted by Crippen LogP contribution is -2.35. The van der Waals surface area contributed by atoms with E-state index in [-0.39, 0.29) is 30.1 Å². The molecule has 0 bridgehead atoms. The molecule has 7 nitrogen and oxygen atoms in total. The molecule has 7 heteroatoms. The summed E-state index contributed by atoms with van der Waals surface area (Å²) in [4.78, 5) is 23.5. The summed E-state index contributed by atoms with van der Waals surface area (Å²) in [5.74, 6) is -0.374. The van der Waals surface area contributed by atoms with Crippen molar-refractivity contribution in [3.63, 3.8) is 0 Å². The van der Waals surface area contributed by atoms with Crippen LogP contribution in [-0.2, 0) is 23.8 Å². The highest BCUT2D eigenvalue weighted by molar-refractivity contribution is 5.75. The van der Waals surface area contributed by atoms with Crippen molar-refractivity contribution < 1.29 is 9.90 Å². The van der Waals surface area contributed by atoms with E-state index in [2.05, 4.69) is 31.2 Å². The van der Waals surface area contributed by atoms with Crippen LogP contribution in [0.3, 0.4) is 0 Å². The Morgan fingerprint density at radius 2 is 1.92 bits per heavy atom. The quantitative estimate of drug-likeness (QED) is 0.845. The Kier molecular flexibility index (Phi) is 5.23. The summed E-state index contributed by atoms with van der Waals surface area (Å²) in [6.45, 7) is 6.28. The minimum atomic E-state index is -0.802. The van der Waals surface area contributed by atoms with E-state index in [1.165, 1.54) is 16.5 Å². The number of aromatic nitrogens is 3. The van der Waals surface area contributed by atoms with Crippen LogP contribution in [0, 0.1) is 0 Å². The lowest BCUT2D eigenvalue weighted by Gasteiger charge is -2.20. The number of hydrogen-bond acceptors (Lipinski definition) is 4. The van der Waals surface area contributed by atoms with Crippen LogP contribution in [-0.4, -0.2) is 31.9 Å². The second-order valence-corrected chi connectivity index (χ2v) is 6.87. The molecule has 1 unspecified atom stereocenters. The number of amides is 1. The molecule has 1 aromatic heterocycles. The third-order valence-electron chi connectivity index (χ3n) is 3.83. The number of carbonyl (C=O) groups is 1. The highest BCUT2D eigenvalue weighted by atomic mass is 16.3. The molecular weight excluding hydrogens is 308 g/mol. The molecular formula is C17H24N4O3. The first-order valence-electron chi connectivity index (χ1n) is 7.82. The third kappa shape index (κ3) is 4.32. The molecule has 0 spiro atoms. The fourth-order valence-corrected chi connectivity index (χ4v) is 2.25. The fourth-order valence-electron chi connectivity index (χ4n) is 2.25. The average Bonchev–Trinajstić information content (AvgIpc) is 2.84. The zero-order valence-corrected chi connectivity index (χ0v) is 14.5. The molecule has 0 aliphatic rings. The van der Waals surface area contributed by atoms with Crippen LogP contribution in [0.2, 0.25) is 0 Å². The molecule has 1 atom stereocenters. The van der Waals surface area contributed by atoms with Crippen LogP contribution in [0.25, 0.3) is 0 Å². The minimum Gasteiger partial charge on any atom is -0.387 e. The molecule has 0 aliphatic heterocycles. The number of nitrogens with one attached hydrogen (secondary N) is 1. The van der Waals surface area contributed by atoms with Crippen molar-refractivity contribution in [3.8, 4) is 0 Å². The predicted molar refractivity (Wildman–Crippen MR) is 90.6 cm³/mol. The molecule has 1 aromatic carbocycles. The monoisotopic (exact) mass is 332 g/mol. The third-order valence-corrected chi connectivity index (χ3v) is 3.83. The van der Waals surface area contributed by atoms with Gasteiger partial charge in [0.15, 0.2) is 0 Å². The number of aryl methyl sites for hydroxylation is 1. The molecule has 1 heterocycles. The first-order valence-corrected chi connectivity index (χ1v) is 7.82. The molecule has 24 heavy (non-hydrogen) atoms. The molecule has 0 radical (unpaired) electrons. The number of benzene rings is 1.